The predicted octanol–water partition coefficient (Wildman–Crippen LogP) is 4.19. The van der Waals surface area contributed by atoms with E-state index in [1.807, 2.05) is 37.3 Å². The molecule has 0 aromatic heterocycles. The van der Waals surface area contributed by atoms with Gasteiger partial charge < -0.3 is 10.6 Å². The van der Waals surface area contributed by atoms with E-state index in [-0.39, 0.29) is 12.1 Å². The van der Waals surface area contributed by atoms with Crippen LogP contribution in [-0.4, -0.2) is 6.03 Å². The highest BCUT2D eigenvalue weighted by atomic mass is 16.2. The lowest BCUT2D eigenvalue weighted by Gasteiger charge is -2.26. The summed E-state index contributed by atoms with van der Waals surface area (Å²) in [6.07, 6.45) is 3.22. The van der Waals surface area contributed by atoms with Crippen LogP contribution in [-0.2, 0) is 6.42 Å². The van der Waals surface area contributed by atoms with Crippen LogP contribution in [0.4, 0.5) is 10.5 Å². The molecule has 0 fully saturated rings. The number of carbonyl (C=O) groups excluding carboxylic acids is 1. The van der Waals surface area contributed by atoms with Crippen LogP contribution in [0.25, 0.3) is 0 Å². The Kier molecular flexibility index (Phi) is 3.91. The van der Waals surface area contributed by atoms with E-state index in [1.54, 1.807) is 0 Å². The number of anilines is 1. The summed E-state index contributed by atoms with van der Waals surface area (Å²) in [6.45, 7) is 2.01. The number of urea groups is 1. The molecule has 3 nitrogen and oxygen atoms in total. The minimum atomic E-state index is -0.137. The van der Waals surface area contributed by atoms with Gasteiger partial charge in [0, 0.05) is 5.69 Å². The number of amides is 2. The van der Waals surface area contributed by atoms with Crippen molar-refractivity contribution in [2.24, 2.45) is 0 Å². The van der Waals surface area contributed by atoms with Gasteiger partial charge in [0.05, 0.1) is 6.04 Å². The molecular formula is C18H20N2O. The van der Waals surface area contributed by atoms with E-state index in [0.29, 0.717) is 0 Å². The highest BCUT2D eigenvalue weighted by molar-refractivity contribution is 5.89. The number of nitrogens with one attached hydrogen (secondary N) is 2. The second kappa shape index (κ2) is 6.00. The first kappa shape index (κ1) is 13.7. The van der Waals surface area contributed by atoms with Gasteiger partial charge in [-0.15, -0.1) is 0 Å². The van der Waals surface area contributed by atoms with Crippen molar-refractivity contribution in [3.05, 3.63) is 65.2 Å². The minimum absolute atomic E-state index is 0.111. The lowest BCUT2D eigenvalue weighted by atomic mass is 9.88. The van der Waals surface area contributed by atoms with Gasteiger partial charge >= 0.3 is 6.03 Å². The Morgan fingerprint density at radius 3 is 2.86 bits per heavy atom. The SMILES string of the molecule is Cc1cccc(NC(=O)N[C@@H]2CCCc3ccccc32)c1. The fourth-order valence-electron chi connectivity index (χ4n) is 2.95. The van der Waals surface area contributed by atoms with E-state index in [0.717, 1.165) is 30.5 Å². The maximum absolute atomic E-state index is 12.2. The van der Waals surface area contributed by atoms with Gasteiger partial charge in [0.2, 0.25) is 0 Å². The Balaban J connectivity index is 1.68. The highest BCUT2D eigenvalue weighted by Crippen LogP contribution is 2.29. The number of hydrogen-bond acceptors (Lipinski definition) is 1. The van der Waals surface area contributed by atoms with Crippen LogP contribution in [0.3, 0.4) is 0 Å². The van der Waals surface area contributed by atoms with Gasteiger partial charge in [-0.1, -0.05) is 36.4 Å². The van der Waals surface area contributed by atoms with Crippen molar-refractivity contribution in [3.63, 3.8) is 0 Å². The minimum Gasteiger partial charge on any atom is -0.331 e. The van der Waals surface area contributed by atoms with Gasteiger partial charge in [-0.05, 0) is 55.0 Å². The van der Waals surface area contributed by atoms with Crippen molar-refractivity contribution in [1.82, 2.24) is 5.32 Å². The zero-order valence-corrected chi connectivity index (χ0v) is 12.2. The fourth-order valence-corrected chi connectivity index (χ4v) is 2.95. The maximum atomic E-state index is 12.2. The Bertz CT molecular complexity index is 651. The van der Waals surface area contributed by atoms with Crippen LogP contribution in [0.2, 0.25) is 0 Å². The number of fused-ring (bicyclic) bond motifs is 1. The fraction of sp³-hybridized carbons (Fsp3) is 0.278. The van der Waals surface area contributed by atoms with Crippen LogP contribution in [0.15, 0.2) is 48.5 Å². The van der Waals surface area contributed by atoms with Gasteiger partial charge in [0.1, 0.15) is 0 Å². The molecule has 0 heterocycles. The summed E-state index contributed by atoms with van der Waals surface area (Å²) in [5.74, 6) is 0. The zero-order valence-electron chi connectivity index (χ0n) is 12.2. The number of rotatable bonds is 2. The molecule has 0 saturated carbocycles. The van der Waals surface area contributed by atoms with Crippen molar-refractivity contribution in [1.29, 1.82) is 0 Å². The molecule has 0 unspecified atom stereocenters. The van der Waals surface area contributed by atoms with Crippen molar-refractivity contribution in [2.45, 2.75) is 32.2 Å². The monoisotopic (exact) mass is 280 g/mol. The first-order valence-electron chi connectivity index (χ1n) is 7.44. The molecule has 2 amide bonds. The van der Waals surface area contributed by atoms with Gasteiger partial charge in [-0.2, -0.15) is 0 Å². The van der Waals surface area contributed by atoms with Crippen LogP contribution >= 0.6 is 0 Å². The predicted molar refractivity (Wildman–Crippen MR) is 85.5 cm³/mol. The van der Waals surface area contributed by atoms with Crippen molar-refractivity contribution < 1.29 is 4.79 Å². The number of benzene rings is 2. The summed E-state index contributed by atoms with van der Waals surface area (Å²) in [4.78, 5) is 12.2. The highest BCUT2D eigenvalue weighted by Gasteiger charge is 2.21. The van der Waals surface area contributed by atoms with Crippen LogP contribution < -0.4 is 10.6 Å². The maximum Gasteiger partial charge on any atom is 0.319 e. The molecule has 1 aliphatic rings. The zero-order chi connectivity index (χ0) is 14.7. The topological polar surface area (TPSA) is 41.1 Å². The van der Waals surface area contributed by atoms with Crippen LogP contribution in [0.5, 0.6) is 0 Å². The second-order valence-electron chi connectivity index (χ2n) is 5.61. The Morgan fingerprint density at radius 1 is 1.14 bits per heavy atom. The van der Waals surface area contributed by atoms with Crippen LogP contribution in [0.1, 0.15) is 35.6 Å². The Morgan fingerprint density at radius 2 is 2.00 bits per heavy atom. The molecule has 21 heavy (non-hydrogen) atoms. The molecule has 108 valence electrons. The van der Waals surface area contributed by atoms with Gasteiger partial charge in [0.25, 0.3) is 0 Å². The quantitative estimate of drug-likeness (QED) is 0.850. The molecule has 1 atom stereocenters. The summed E-state index contributed by atoms with van der Waals surface area (Å²) >= 11 is 0. The smallest absolute Gasteiger partial charge is 0.319 e. The summed E-state index contributed by atoms with van der Waals surface area (Å²) < 4.78 is 0. The largest absolute Gasteiger partial charge is 0.331 e. The summed E-state index contributed by atoms with van der Waals surface area (Å²) in [5, 5.41) is 6.00. The molecule has 2 N–H and O–H groups in total. The van der Waals surface area contributed by atoms with E-state index >= 15 is 0 Å². The average molecular weight is 280 g/mol. The Hall–Kier alpha value is -2.29. The molecule has 0 aliphatic heterocycles. The van der Waals surface area contributed by atoms with E-state index in [9.17, 15) is 4.79 Å². The van der Waals surface area contributed by atoms with Crippen molar-refractivity contribution >= 4 is 11.7 Å². The van der Waals surface area contributed by atoms with E-state index in [4.69, 9.17) is 0 Å². The standard InChI is InChI=1S/C18H20N2O/c1-13-6-4-9-15(12-13)19-18(21)20-17-11-5-8-14-7-2-3-10-16(14)17/h2-4,6-7,9-10,12,17H,5,8,11H2,1H3,(H2,19,20,21)/t17-/m1/s1. The van der Waals surface area contributed by atoms with Gasteiger partial charge in [-0.25, -0.2) is 4.79 Å². The average Bonchev–Trinajstić information content (AvgIpc) is 2.47. The Labute approximate surface area is 125 Å². The molecule has 0 spiro atoms. The third-order valence-corrected chi connectivity index (χ3v) is 3.95. The summed E-state index contributed by atoms with van der Waals surface area (Å²) in [6, 6.07) is 16.2. The van der Waals surface area contributed by atoms with Gasteiger partial charge in [0.15, 0.2) is 0 Å². The number of aryl methyl sites for hydroxylation is 2. The molecule has 3 rings (SSSR count). The normalized spacial score (nSPS) is 16.9. The molecule has 2 aromatic carbocycles. The molecule has 0 radical (unpaired) electrons. The third-order valence-electron chi connectivity index (χ3n) is 3.95. The molecule has 1 aliphatic carbocycles. The van der Waals surface area contributed by atoms with Gasteiger partial charge in [-0.3, -0.25) is 0 Å². The van der Waals surface area contributed by atoms with Crippen LogP contribution in [0, 0.1) is 6.92 Å². The lowest BCUT2D eigenvalue weighted by molar-refractivity contribution is 0.247. The summed E-state index contributed by atoms with van der Waals surface area (Å²) in [5.41, 5.74) is 4.57. The first-order valence-corrected chi connectivity index (χ1v) is 7.44. The molecule has 3 heteroatoms. The third kappa shape index (κ3) is 3.24. The molecule has 2 aromatic rings. The molecule has 0 saturated heterocycles. The number of carbonyl (C=O) groups is 1. The van der Waals surface area contributed by atoms with Crippen molar-refractivity contribution in [2.75, 3.05) is 5.32 Å². The van der Waals surface area contributed by atoms with E-state index < -0.39 is 0 Å². The summed E-state index contributed by atoms with van der Waals surface area (Å²) in [7, 11) is 0. The molecular weight excluding hydrogens is 260 g/mol. The second-order valence-corrected chi connectivity index (χ2v) is 5.61. The molecule has 0 bridgehead atoms. The van der Waals surface area contributed by atoms with Crippen molar-refractivity contribution in [3.8, 4) is 0 Å². The first-order chi connectivity index (χ1) is 10.2. The van der Waals surface area contributed by atoms with E-state index in [1.165, 1.54) is 11.1 Å². The lowest BCUT2D eigenvalue weighted by Crippen LogP contribution is -2.34. The number of hydrogen-bond donors (Lipinski definition) is 2. The van der Waals surface area contributed by atoms with E-state index in [2.05, 4.69) is 28.8 Å².